The number of halogens is 1. The number of pyridine rings is 1. The van der Waals surface area contributed by atoms with Gasteiger partial charge in [0.15, 0.2) is 0 Å². The van der Waals surface area contributed by atoms with Gasteiger partial charge >= 0.3 is 0 Å². The first-order valence-electron chi connectivity index (χ1n) is 5.97. The van der Waals surface area contributed by atoms with E-state index in [1.807, 2.05) is 24.3 Å². The molecule has 2 N–H and O–H groups in total. The van der Waals surface area contributed by atoms with Gasteiger partial charge in [-0.15, -0.1) is 0 Å². The van der Waals surface area contributed by atoms with Crippen molar-refractivity contribution in [2.24, 2.45) is 0 Å². The average molecular weight is 356 g/mol. The van der Waals surface area contributed by atoms with E-state index in [9.17, 15) is 8.42 Å². The second kappa shape index (κ2) is 6.23. The van der Waals surface area contributed by atoms with Crippen molar-refractivity contribution in [3.8, 4) is 0 Å². The Morgan fingerprint density at radius 3 is 2.30 bits per heavy atom. The standard InChI is InChI=1S/C13H14BrN3O2S/c1-2-20(18,19)17-12-7-8-13(15-9-12)16-11-5-3-10(14)4-6-11/h3-9,17H,2H2,1H3,(H,15,16). The predicted octanol–water partition coefficient (Wildman–Crippen LogP) is 3.35. The molecule has 0 saturated carbocycles. The van der Waals surface area contributed by atoms with Crippen molar-refractivity contribution >= 4 is 43.1 Å². The van der Waals surface area contributed by atoms with Gasteiger partial charge < -0.3 is 5.32 Å². The highest BCUT2D eigenvalue weighted by Crippen LogP contribution is 2.19. The van der Waals surface area contributed by atoms with Crippen LogP contribution in [0.15, 0.2) is 47.1 Å². The summed E-state index contributed by atoms with van der Waals surface area (Å²) >= 11 is 3.37. The SMILES string of the molecule is CCS(=O)(=O)Nc1ccc(Nc2ccc(Br)cc2)nc1. The summed E-state index contributed by atoms with van der Waals surface area (Å²) in [6.45, 7) is 1.58. The van der Waals surface area contributed by atoms with E-state index < -0.39 is 10.0 Å². The first kappa shape index (κ1) is 14.8. The topological polar surface area (TPSA) is 71.1 Å². The van der Waals surface area contributed by atoms with Crippen LogP contribution in [0.25, 0.3) is 0 Å². The van der Waals surface area contributed by atoms with Crippen LogP contribution in [0.4, 0.5) is 17.2 Å². The molecule has 0 fully saturated rings. The van der Waals surface area contributed by atoms with Crippen molar-refractivity contribution in [1.82, 2.24) is 4.98 Å². The largest absolute Gasteiger partial charge is 0.340 e. The van der Waals surface area contributed by atoms with E-state index in [1.54, 1.807) is 19.1 Å². The Hall–Kier alpha value is -1.60. The van der Waals surface area contributed by atoms with Gasteiger partial charge in [0.2, 0.25) is 10.0 Å². The maximum Gasteiger partial charge on any atom is 0.232 e. The smallest absolute Gasteiger partial charge is 0.232 e. The predicted molar refractivity (Wildman–Crippen MR) is 84.7 cm³/mol. The zero-order chi connectivity index (χ0) is 14.6. The van der Waals surface area contributed by atoms with Gasteiger partial charge in [-0.05, 0) is 43.3 Å². The van der Waals surface area contributed by atoms with Gasteiger partial charge in [-0.3, -0.25) is 4.72 Å². The molecule has 7 heteroatoms. The number of sulfonamides is 1. The molecule has 1 heterocycles. The molecule has 0 aliphatic carbocycles. The highest BCUT2D eigenvalue weighted by Gasteiger charge is 2.06. The fraction of sp³-hybridized carbons (Fsp3) is 0.154. The third-order valence-corrected chi connectivity index (χ3v) is 4.37. The van der Waals surface area contributed by atoms with Crippen LogP contribution in [0, 0.1) is 0 Å². The minimum absolute atomic E-state index is 0.0336. The van der Waals surface area contributed by atoms with Gasteiger partial charge in [-0.1, -0.05) is 15.9 Å². The first-order valence-corrected chi connectivity index (χ1v) is 8.42. The molecular formula is C13H14BrN3O2S. The monoisotopic (exact) mass is 355 g/mol. The van der Waals surface area contributed by atoms with Crippen LogP contribution in [-0.2, 0) is 10.0 Å². The summed E-state index contributed by atoms with van der Waals surface area (Å²) in [7, 11) is -3.26. The van der Waals surface area contributed by atoms with Crippen LogP contribution in [0.3, 0.4) is 0 Å². The molecule has 0 atom stereocenters. The lowest BCUT2D eigenvalue weighted by atomic mass is 10.3. The van der Waals surface area contributed by atoms with E-state index >= 15 is 0 Å². The Bertz CT molecular complexity index is 670. The molecule has 0 saturated heterocycles. The maximum absolute atomic E-state index is 11.4. The van der Waals surface area contributed by atoms with Crippen molar-refractivity contribution in [1.29, 1.82) is 0 Å². The van der Waals surface area contributed by atoms with E-state index in [2.05, 4.69) is 31.0 Å². The van der Waals surface area contributed by atoms with Crippen molar-refractivity contribution in [3.05, 3.63) is 47.1 Å². The van der Waals surface area contributed by atoms with E-state index in [-0.39, 0.29) is 5.75 Å². The Balaban J connectivity index is 2.07. The minimum atomic E-state index is -3.26. The number of nitrogens with one attached hydrogen (secondary N) is 2. The molecule has 0 bridgehead atoms. The van der Waals surface area contributed by atoms with Crippen molar-refractivity contribution in [2.75, 3.05) is 15.8 Å². The molecule has 1 aromatic carbocycles. The Morgan fingerprint density at radius 2 is 1.75 bits per heavy atom. The lowest BCUT2D eigenvalue weighted by molar-refractivity contribution is 0.602. The molecule has 0 aliphatic heterocycles. The van der Waals surface area contributed by atoms with Crippen LogP contribution in [0.5, 0.6) is 0 Å². The molecule has 0 radical (unpaired) electrons. The normalized spacial score (nSPS) is 11.1. The van der Waals surface area contributed by atoms with Crippen LogP contribution >= 0.6 is 15.9 Å². The molecule has 0 amide bonds. The fourth-order valence-corrected chi connectivity index (χ4v) is 2.35. The summed E-state index contributed by atoms with van der Waals surface area (Å²) in [5.41, 5.74) is 1.36. The summed E-state index contributed by atoms with van der Waals surface area (Å²) < 4.78 is 26.3. The number of rotatable bonds is 5. The third-order valence-electron chi connectivity index (χ3n) is 2.53. The molecule has 0 aliphatic rings. The van der Waals surface area contributed by atoms with E-state index in [0.717, 1.165) is 10.2 Å². The average Bonchev–Trinajstić information content (AvgIpc) is 2.43. The van der Waals surface area contributed by atoms with Gasteiger partial charge in [0, 0.05) is 10.2 Å². The molecule has 0 unspecified atom stereocenters. The maximum atomic E-state index is 11.4. The molecule has 5 nitrogen and oxygen atoms in total. The van der Waals surface area contributed by atoms with Crippen LogP contribution in [0.1, 0.15) is 6.92 Å². The Kier molecular flexibility index (Phi) is 4.61. The van der Waals surface area contributed by atoms with Crippen LogP contribution < -0.4 is 10.0 Å². The van der Waals surface area contributed by atoms with Gasteiger partial charge in [0.05, 0.1) is 17.6 Å². The lowest BCUT2D eigenvalue weighted by Gasteiger charge is -2.08. The van der Waals surface area contributed by atoms with Crippen molar-refractivity contribution < 1.29 is 8.42 Å². The number of anilines is 3. The highest BCUT2D eigenvalue weighted by atomic mass is 79.9. The quantitative estimate of drug-likeness (QED) is 0.862. The summed E-state index contributed by atoms with van der Waals surface area (Å²) in [5, 5.41) is 3.13. The zero-order valence-electron chi connectivity index (χ0n) is 10.8. The third kappa shape index (κ3) is 4.21. The van der Waals surface area contributed by atoms with E-state index in [4.69, 9.17) is 0 Å². The lowest BCUT2D eigenvalue weighted by Crippen LogP contribution is -2.14. The number of nitrogens with zero attached hydrogens (tertiary/aromatic N) is 1. The first-order chi connectivity index (χ1) is 9.48. The van der Waals surface area contributed by atoms with Crippen LogP contribution in [0.2, 0.25) is 0 Å². The highest BCUT2D eigenvalue weighted by molar-refractivity contribution is 9.10. The summed E-state index contributed by atoms with van der Waals surface area (Å²) in [5.74, 6) is 0.679. The molecule has 2 rings (SSSR count). The fourth-order valence-electron chi connectivity index (χ4n) is 1.46. The Labute approximate surface area is 126 Å². The van der Waals surface area contributed by atoms with Gasteiger partial charge in [0.1, 0.15) is 5.82 Å². The van der Waals surface area contributed by atoms with Crippen LogP contribution in [-0.4, -0.2) is 19.2 Å². The van der Waals surface area contributed by atoms with E-state index in [0.29, 0.717) is 11.5 Å². The molecule has 0 spiro atoms. The number of benzene rings is 1. The van der Waals surface area contributed by atoms with Gasteiger partial charge in [0.25, 0.3) is 0 Å². The van der Waals surface area contributed by atoms with Crippen molar-refractivity contribution in [3.63, 3.8) is 0 Å². The van der Waals surface area contributed by atoms with Crippen molar-refractivity contribution in [2.45, 2.75) is 6.92 Å². The number of hydrogen-bond donors (Lipinski definition) is 2. The molecule has 1 aromatic heterocycles. The second-order valence-electron chi connectivity index (χ2n) is 4.07. The molecular weight excluding hydrogens is 342 g/mol. The summed E-state index contributed by atoms with van der Waals surface area (Å²) in [6.07, 6.45) is 1.48. The molecule has 2 aromatic rings. The Morgan fingerprint density at radius 1 is 1.10 bits per heavy atom. The number of hydrogen-bond acceptors (Lipinski definition) is 4. The van der Waals surface area contributed by atoms with Gasteiger partial charge in [-0.25, -0.2) is 13.4 Å². The zero-order valence-corrected chi connectivity index (χ0v) is 13.2. The molecule has 20 heavy (non-hydrogen) atoms. The van der Waals surface area contributed by atoms with Gasteiger partial charge in [-0.2, -0.15) is 0 Å². The summed E-state index contributed by atoms with van der Waals surface area (Å²) in [4.78, 5) is 4.17. The molecule has 106 valence electrons. The summed E-state index contributed by atoms with van der Waals surface area (Å²) in [6, 6.07) is 11.1. The minimum Gasteiger partial charge on any atom is -0.340 e. The number of aromatic nitrogens is 1. The second-order valence-corrected chi connectivity index (χ2v) is 7.00. The van der Waals surface area contributed by atoms with E-state index in [1.165, 1.54) is 6.20 Å².